The highest BCUT2D eigenvalue weighted by Crippen LogP contribution is 2.27. The van der Waals surface area contributed by atoms with Gasteiger partial charge in [0, 0.05) is 23.2 Å². The normalized spacial score (nSPS) is 11.8. The van der Waals surface area contributed by atoms with Crippen LogP contribution in [-0.2, 0) is 11.3 Å². The number of fused-ring (bicyclic) bond motifs is 1. The Morgan fingerprint density at radius 3 is 2.71 bits per heavy atom. The molecular weight excluding hydrogens is 476 g/mol. The van der Waals surface area contributed by atoms with Crippen LogP contribution in [-0.4, -0.2) is 27.3 Å². The molecule has 6 nitrogen and oxygen atoms in total. The standard InChI is InChI=1S/C23H23BrN4O2S/c1-3-13-28-22(30)19-15-17(24)10-11-20(19)26-23(28)31-16(2)21(29)27(14-7-12-25)18-8-5-4-6-9-18/h4-6,8-11,15-16H,3,7,13-14H2,1-2H3. The smallest absolute Gasteiger partial charge is 0.262 e. The van der Waals surface area contributed by atoms with E-state index in [-0.39, 0.29) is 17.9 Å². The van der Waals surface area contributed by atoms with Crippen LogP contribution in [0.15, 0.2) is 63.0 Å². The fourth-order valence-corrected chi connectivity index (χ4v) is 4.61. The summed E-state index contributed by atoms with van der Waals surface area (Å²) in [4.78, 5) is 32.7. The van der Waals surface area contributed by atoms with Gasteiger partial charge in [-0.05, 0) is 43.7 Å². The number of para-hydroxylation sites is 1. The number of rotatable bonds is 8. The lowest BCUT2D eigenvalue weighted by Crippen LogP contribution is -2.37. The molecule has 0 saturated heterocycles. The number of aromatic nitrogens is 2. The summed E-state index contributed by atoms with van der Waals surface area (Å²) in [7, 11) is 0. The minimum absolute atomic E-state index is 0.111. The van der Waals surface area contributed by atoms with Gasteiger partial charge in [0.1, 0.15) is 0 Å². The molecule has 0 radical (unpaired) electrons. The second kappa shape index (κ2) is 10.6. The van der Waals surface area contributed by atoms with Crippen molar-refractivity contribution in [2.45, 2.75) is 43.6 Å². The second-order valence-corrected chi connectivity index (χ2v) is 9.23. The molecule has 3 rings (SSSR count). The summed E-state index contributed by atoms with van der Waals surface area (Å²) in [6, 6.07) is 16.9. The molecule has 160 valence electrons. The van der Waals surface area contributed by atoms with E-state index in [4.69, 9.17) is 10.2 Å². The average Bonchev–Trinajstić information content (AvgIpc) is 2.77. The zero-order valence-corrected chi connectivity index (χ0v) is 19.8. The van der Waals surface area contributed by atoms with Crippen molar-refractivity contribution in [2.75, 3.05) is 11.4 Å². The lowest BCUT2D eigenvalue weighted by Gasteiger charge is -2.25. The molecule has 0 N–H and O–H groups in total. The quantitative estimate of drug-likeness (QED) is 0.322. The Morgan fingerprint density at radius 1 is 1.29 bits per heavy atom. The van der Waals surface area contributed by atoms with E-state index in [9.17, 15) is 9.59 Å². The predicted octanol–water partition coefficient (Wildman–Crippen LogP) is 5.00. The van der Waals surface area contributed by atoms with Crippen LogP contribution in [0.3, 0.4) is 0 Å². The Balaban J connectivity index is 1.95. The Kier molecular flexibility index (Phi) is 7.88. The van der Waals surface area contributed by atoms with Crippen LogP contribution >= 0.6 is 27.7 Å². The molecule has 0 spiro atoms. The lowest BCUT2D eigenvalue weighted by molar-refractivity contribution is -0.117. The number of nitriles is 1. The highest BCUT2D eigenvalue weighted by Gasteiger charge is 2.25. The molecule has 0 saturated carbocycles. The van der Waals surface area contributed by atoms with Gasteiger partial charge in [-0.2, -0.15) is 5.26 Å². The molecule has 0 fully saturated rings. The summed E-state index contributed by atoms with van der Waals surface area (Å²) < 4.78 is 2.47. The van der Waals surface area contributed by atoms with Gasteiger partial charge in [0.25, 0.3) is 5.56 Å². The van der Waals surface area contributed by atoms with Crippen molar-refractivity contribution in [3.05, 3.63) is 63.4 Å². The van der Waals surface area contributed by atoms with Crippen LogP contribution in [0, 0.1) is 11.3 Å². The third-order valence-electron chi connectivity index (χ3n) is 4.74. The second-order valence-electron chi connectivity index (χ2n) is 7.01. The number of amides is 1. The number of anilines is 1. The van der Waals surface area contributed by atoms with Crippen LogP contribution in [0.5, 0.6) is 0 Å². The summed E-state index contributed by atoms with van der Waals surface area (Å²) in [5.74, 6) is -0.125. The maximum Gasteiger partial charge on any atom is 0.262 e. The van der Waals surface area contributed by atoms with E-state index in [2.05, 4.69) is 22.0 Å². The molecule has 0 aliphatic heterocycles. The van der Waals surface area contributed by atoms with E-state index in [1.165, 1.54) is 11.8 Å². The minimum Gasteiger partial charge on any atom is -0.310 e. The molecule has 0 aliphatic rings. The maximum atomic E-state index is 13.3. The number of thioether (sulfide) groups is 1. The van der Waals surface area contributed by atoms with Crippen LogP contribution in [0.1, 0.15) is 26.7 Å². The van der Waals surface area contributed by atoms with E-state index < -0.39 is 5.25 Å². The van der Waals surface area contributed by atoms with Gasteiger partial charge < -0.3 is 4.90 Å². The maximum absolute atomic E-state index is 13.3. The molecule has 2 aromatic carbocycles. The van der Waals surface area contributed by atoms with Crippen molar-refractivity contribution in [2.24, 2.45) is 0 Å². The van der Waals surface area contributed by atoms with Crippen LogP contribution in [0.4, 0.5) is 5.69 Å². The zero-order chi connectivity index (χ0) is 22.4. The first kappa shape index (κ1) is 23.0. The van der Waals surface area contributed by atoms with Gasteiger partial charge in [0.15, 0.2) is 5.16 Å². The third kappa shape index (κ3) is 5.35. The van der Waals surface area contributed by atoms with Crippen molar-refractivity contribution >= 4 is 50.2 Å². The molecule has 1 heterocycles. The van der Waals surface area contributed by atoms with Gasteiger partial charge in [-0.15, -0.1) is 0 Å². The molecule has 31 heavy (non-hydrogen) atoms. The van der Waals surface area contributed by atoms with Crippen molar-refractivity contribution in [3.63, 3.8) is 0 Å². The first-order valence-corrected chi connectivity index (χ1v) is 11.7. The highest BCUT2D eigenvalue weighted by atomic mass is 79.9. The number of nitrogens with zero attached hydrogens (tertiary/aromatic N) is 4. The molecule has 8 heteroatoms. The molecule has 1 aromatic heterocycles. The molecule has 3 aromatic rings. The predicted molar refractivity (Wildman–Crippen MR) is 128 cm³/mol. The monoisotopic (exact) mass is 498 g/mol. The van der Waals surface area contributed by atoms with Gasteiger partial charge >= 0.3 is 0 Å². The number of carbonyl (C=O) groups is 1. The number of hydrogen-bond donors (Lipinski definition) is 0. The van der Waals surface area contributed by atoms with E-state index in [0.29, 0.717) is 29.1 Å². The number of carbonyl (C=O) groups excluding carboxylic acids is 1. The topological polar surface area (TPSA) is 79.0 Å². The summed E-state index contributed by atoms with van der Waals surface area (Å²) in [6.07, 6.45) is 1.01. The first-order chi connectivity index (χ1) is 15.0. The molecular formula is C23H23BrN4O2S. The van der Waals surface area contributed by atoms with E-state index in [0.717, 1.165) is 16.6 Å². The van der Waals surface area contributed by atoms with Crippen LogP contribution in [0.2, 0.25) is 0 Å². The largest absolute Gasteiger partial charge is 0.310 e. The van der Waals surface area contributed by atoms with Gasteiger partial charge in [0.2, 0.25) is 5.91 Å². The Hall–Kier alpha value is -2.63. The number of halogens is 1. The summed E-state index contributed by atoms with van der Waals surface area (Å²) in [5, 5.41) is 9.61. The van der Waals surface area contributed by atoms with Crippen LogP contribution in [0.25, 0.3) is 10.9 Å². The van der Waals surface area contributed by atoms with Gasteiger partial charge in [-0.3, -0.25) is 14.2 Å². The molecule has 1 unspecified atom stereocenters. The van der Waals surface area contributed by atoms with Crippen LogP contribution < -0.4 is 10.5 Å². The van der Waals surface area contributed by atoms with Gasteiger partial charge in [-0.25, -0.2) is 4.98 Å². The van der Waals surface area contributed by atoms with Crippen molar-refractivity contribution < 1.29 is 4.79 Å². The summed E-state index contributed by atoms with van der Waals surface area (Å²) in [5.41, 5.74) is 1.24. The van der Waals surface area contributed by atoms with Crippen molar-refractivity contribution in [1.29, 1.82) is 5.26 Å². The van der Waals surface area contributed by atoms with E-state index in [1.807, 2.05) is 50.2 Å². The third-order valence-corrected chi connectivity index (χ3v) is 6.31. The fourth-order valence-electron chi connectivity index (χ4n) is 3.25. The van der Waals surface area contributed by atoms with Gasteiger partial charge in [0.05, 0.1) is 28.6 Å². The SMILES string of the molecule is CCCn1c(SC(C)C(=O)N(CCC#N)c2ccccc2)nc2ccc(Br)cc2c1=O. The molecule has 1 atom stereocenters. The van der Waals surface area contributed by atoms with Crippen molar-refractivity contribution in [1.82, 2.24) is 9.55 Å². The zero-order valence-electron chi connectivity index (χ0n) is 17.4. The number of hydrogen-bond acceptors (Lipinski definition) is 5. The molecule has 1 amide bonds. The highest BCUT2D eigenvalue weighted by molar-refractivity contribution is 9.10. The van der Waals surface area contributed by atoms with E-state index in [1.54, 1.807) is 21.6 Å². The summed E-state index contributed by atoms with van der Waals surface area (Å²) in [6.45, 7) is 4.64. The molecule has 0 aliphatic carbocycles. The molecule has 0 bridgehead atoms. The van der Waals surface area contributed by atoms with E-state index >= 15 is 0 Å². The Labute approximate surface area is 194 Å². The minimum atomic E-state index is -0.484. The average molecular weight is 499 g/mol. The Bertz CT molecular complexity index is 1170. The summed E-state index contributed by atoms with van der Waals surface area (Å²) >= 11 is 4.69. The van der Waals surface area contributed by atoms with Crippen molar-refractivity contribution in [3.8, 4) is 6.07 Å². The fraction of sp³-hybridized carbons (Fsp3) is 0.304. The Morgan fingerprint density at radius 2 is 2.03 bits per heavy atom. The van der Waals surface area contributed by atoms with Gasteiger partial charge in [-0.1, -0.05) is 52.8 Å². The number of benzene rings is 2. The lowest BCUT2D eigenvalue weighted by atomic mass is 10.2. The first-order valence-electron chi connectivity index (χ1n) is 10.1.